The van der Waals surface area contributed by atoms with Crippen molar-refractivity contribution in [3.63, 3.8) is 0 Å². The van der Waals surface area contributed by atoms with E-state index < -0.39 is 5.60 Å². The molecule has 2 heterocycles. The largest absolute Gasteiger partial charge is 0.444 e. The normalized spacial score (nSPS) is 23.3. The molecule has 136 valence electrons. The molecule has 1 amide bonds. The van der Waals surface area contributed by atoms with Gasteiger partial charge in [0.1, 0.15) is 5.60 Å². The number of morpholine rings is 1. The Bertz CT molecular complexity index is 691. The number of hydrogen-bond acceptors (Lipinski definition) is 3. The zero-order valence-corrected chi connectivity index (χ0v) is 16.2. The molecule has 4 nitrogen and oxygen atoms in total. The summed E-state index contributed by atoms with van der Waals surface area (Å²) in [6, 6.07) is 4.44. The van der Waals surface area contributed by atoms with Gasteiger partial charge >= 0.3 is 6.09 Å². The van der Waals surface area contributed by atoms with Crippen molar-refractivity contribution in [2.75, 3.05) is 13.2 Å². The molecule has 2 aliphatic rings. The third kappa shape index (κ3) is 3.74. The van der Waals surface area contributed by atoms with E-state index in [1.807, 2.05) is 25.7 Å². The molecule has 2 aliphatic heterocycles. The maximum absolute atomic E-state index is 12.7. The molecule has 1 aromatic carbocycles. The number of ether oxygens (including phenoxy) is 2. The first-order valence-electron chi connectivity index (χ1n) is 9.03. The number of benzene rings is 1. The van der Waals surface area contributed by atoms with Crippen LogP contribution in [-0.4, -0.2) is 41.9 Å². The zero-order chi connectivity index (χ0) is 18.4. The molecule has 0 aromatic heterocycles. The van der Waals surface area contributed by atoms with Crippen molar-refractivity contribution in [1.29, 1.82) is 0 Å². The van der Waals surface area contributed by atoms with Crippen LogP contribution in [0.4, 0.5) is 4.79 Å². The number of fused-ring (bicyclic) bond motifs is 2. The molecule has 3 rings (SSSR count). The smallest absolute Gasteiger partial charge is 0.411 e. The van der Waals surface area contributed by atoms with E-state index in [0.29, 0.717) is 13.2 Å². The Labute approximate surface area is 150 Å². The lowest BCUT2D eigenvalue weighted by atomic mass is 9.85. The van der Waals surface area contributed by atoms with Crippen LogP contribution in [0.25, 0.3) is 5.57 Å². The van der Waals surface area contributed by atoms with Gasteiger partial charge in [-0.05, 0) is 70.2 Å². The summed E-state index contributed by atoms with van der Waals surface area (Å²) in [4.78, 5) is 14.5. The highest BCUT2D eigenvalue weighted by Gasteiger charge is 2.40. The molecule has 0 N–H and O–H groups in total. The number of carbonyl (C=O) groups is 1. The first-order valence-corrected chi connectivity index (χ1v) is 9.03. The average molecular weight is 343 g/mol. The van der Waals surface area contributed by atoms with Crippen molar-refractivity contribution < 1.29 is 14.3 Å². The summed E-state index contributed by atoms with van der Waals surface area (Å²) in [5.74, 6) is 0. The minimum atomic E-state index is -0.486. The molecule has 25 heavy (non-hydrogen) atoms. The molecule has 0 spiro atoms. The highest BCUT2D eigenvalue weighted by Crippen LogP contribution is 2.36. The van der Waals surface area contributed by atoms with E-state index in [9.17, 15) is 4.79 Å². The van der Waals surface area contributed by atoms with Gasteiger partial charge in [0, 0.05) is 0 Å². The summed E-state index contributed by atoms with van der Waals surface area (Å²) in [5.41, 5.74) is 6.05. The molecular weight excluding hydrogens is 314 g/mol. The maximum Gasteiger partial charge on any atom is 0.411 e. The zero-order valence-electron chi connectivity index (χ0n) is 16.2. The number of nitrogens with zero attached hydrogens (tertiary/aromatic N) is 1. The Morgan fingerprint density at radius 1 is 1.16 bits per heavy atom. The Kier molecular flexibility index (Phi) is 4.67. The first kappa shape index (κ1) is 18.0. The van der Waals surface area contributed by atoms with Gasteiger partial charge in [0.15, 0.2) is 0 Å². The van der Waals surface area contributed by atoms with E-state index in [0.717, 1.165) is 6.42 Å². The second-order valence-electron chi connectivity index (χ2n) is 8.32. The van der Waals surface area contributed by atoms with Crippen LogP contribution in [0.1, 0.15) is 49.4 Å². The minimum Gasteiger partial charge on any atom is -0.444 e. The van der Waals surface area contributed by atoms with Crippen LogP contribution >= 0.6 is 0 Å². The summed E-state index contributed by atoms with van der Waals surface area (Å²) < 4.78 is 11.3. The van der Waals surface area contributed by atoms with Crippen molar-refractivity contribution in [2.24, 2.45) is 0 Å². The predicted molar refractivity (Wildman–Crippen MR) is 99.7 cm³/mol. The minimum absolute atomic E-state index is 0.0358. The third-order valence-corrected chi connectivity index (χ3v) is 4.80. The van der Waals surface area contributed by atoms with E-state index in [2.05, 4.69) is 39.0 Å². The van der Waals surface area contributed by atoms with E-state index in [4.69, 9.17) is 9.47 Å². The molecular formula is C21H29NO3. The van der Waals surface area contributed by atoms with Crippen molar-refractivity contribution >= 4 is 11.7 Å². The topological polar surface area (TPSA) is 38.8 Å². The Hall–Kier alpha value is -1.81. The van der Waals surface area contributed by atoms with Gasteiger partial charge in [-0.3, -0.25) is 4.90 Å². The van der Waals surface area contributed by atoms with Crippen LogP contribution < -0.4 is 0 Å². The first-order chi connectivity index (χ1) is 11.7. The molecule has 0 aliphatic carbocycles. The van der Waals surface area contributed by atoms with Crippen LogP contribution in [0.15, 0.2) is 18.2 Å². The molecule has 1 saturated heterocycles. The fraction of sp³-hybridized carbons (Fsp3) is 0.571. The molecule has 2 bridgehead atoms. The highest BCUT2D eigenvalue weighted by molar-refractivity contribution is 5.77. The van der Waals surface area contributed by atoms with Gasteiger partial charge in [-0.25, -0.2) is 4.79 Å². The second kappa shape index (κ2) is 6.49. The van der Waals surface area contributed by atoms with Crippen molar-refractivity contribution in [3.8, 4) is 0 Å². The summed E-state index contributed by atoms with van der Waals surface area (Å²) in [6.45, 7) is 13.3. The van der Waals surface area contributed by atoms with Crippen molar-refractivity contribution in [2.45, 2.75) is 65.6 Å². The second-order valence-corrected chi connectivity index (χ2v) is 8.32. The lowest BCUT2D eigenvalue weighted by Crippen LogP contribution is -2.57. The summed E-state index contributed by atoms with van der Waals surface area (Å²) in [7, 11) is 0. The Morgan fingerprint density at radius 2 is 1.80 bits per heavy atom. The molecule has 1 fully saturated rings. The average Bonchev–Trinajstić information content (AvgIpc) is 2.43. The number of hydrogen-bond donors (Lipinski definition) is 0. The van der Waals surface area contributed by atoms with Crippen LogP contribution in [0.2, 0.25) is 0 Å². The summed E-state index contributed by atoms with van der Waals surface area (Å²) in [6.07, 6.45) is 2.77. The third-order valence-electron chi connectivity index (χ3n) is 4.80. The number of aryl methyl sites for hydroxylation is 3. The van der Waals surface area contributed by atoms with Gasteiger partial charge in [0.2, 0.25) is 0 Å². The lowest BCUT2D eigenvalue weighted by Gasteiger charge is -2.45. The molecule has 0 radical (unpaired) electrons. The SMILES string of the molecule is Cc1cc(C)c(C2=CC3COCC(C2)N3C(=O)OC(C)(C)C)c(C)c1. The van der Waals surface area contributed by atoms with Gasteiger partial charge < -0.3 is 9.47 Å². The van der Waals surface area contributed by atoms with Crippen LogP contribution in [0, 0.1) is 20.8 Å². The standard InChI is InChI=1S/C21H29NO3/c1-13-7-14(2)19(15(3)8-13)16-9-17-11-24-12-18(10-16)22(17)20(23)25-21(4,5)6/h7-9,17-18H,10-12H2,1-6H3. The van der Waals surface area contributed by atoms with E-state index in [-0.39, 0.29) is 18.2 Å². The fourth-order valence-corrected chi connectivity index (χ4v) is 4.07. The van der Waals surface area contributed by atoms with Crippen LogP contribution in [0.3, 0.4) is 0 Å². The predicted octanol–water partition coefficient (Wildman–Crippen LogP) is 4.40. The van der Waals surface area contributed by atoms with Gasteiger partial charge in [-0.15, -0.1) is 0 Å². The molecule has 1 aromatic rings. The van der Waals surface area contributed by atoms with Crippen LogP contribution in [-0.2, 0) is 9.47 Å². The quantitative estimate of drug-likeness (QED) is 0.758. The highest BCUT2D eigenvalue weighted by atomic mass is 16.6. The molecule has 2 unspecified atom stereocenters. The Balaban J connectivity index is 1.93. The van der Waals surface area contributed by atoms with Gasteiger partial charge in [-0.2, -0.15) is 0 Å². The maximum atomic E-state index is 12.7. The summed E-state index contributed by atoms with van der Waals surface area (Å²) >= 11 is 0. The fourth-order valence-electron chi connectivity index (χ4n) is 4.07. The van der Waals surface area contributed by atoms with E-state index in [1.165, 1.54) is 27.8 Å². The number of rotatable bonds is 1. The lowest BCUT2D eigenvalue weighted by molar-refractivity contribution is -0.0510. The van der Waals surface area contributed by atoms with Gasteiger partial charge in [-0.1, -0.05) is 23.8 Å². The number of amides is 1. The van der Waals surface area contributed by atoms with Crippen LogP contribution in [0.5, 0.6) is 0 Å². The summed E-state index contributed by atoms with van der Waals surface area (Å²) in [5, 5.41) is 0. The van der Waals surface area contributed by atoms with Gasteiger partial charge in [0.05, 0.1) is 25.3 Å². The van der Waals surface area contributed by atoms with Crippen molar-refractivity contribution in [1.82, 2.24) is 4.90 Å². The van der Waals surface area contributed by atoms with Gasteiger partial charge in [0.25, 0.3) is 0 Å². The molecule has 0 saturated carbocycles. The van der Waals surface area contributed by atoms with E-state index >= 15 is 0 Å². The molecule has 4 heteroatoms. The monoisotopic (exact) mass is 343 g/mol. The Morgan fingerprint density at radius 3 is 2.36 bits per heavy atom. The number of carbonyl (C=O) groups excluding carboxylic acids is 1. The van der Waals surface area contributed by atoms with E-state index in [1.54, 1.807) is 0 Å². The molecule has 2 atom stereocenters. The van der Waals surface area contributed by atoms with Crippen molar-refractivity contribution in [3.05, 3.63) is 40.5 Å².